The molecule has 0 aromatic heterocycles. The van der Waals surface area contributed by atoms with Gasteiger partial charge in [-0.05, 0) is 31.7 Å². The van der Waals surface area contributed by atoms with Crippen LogP contribution in [-0.2, 0) is 38.1 Å². The van der Waals surface area contributed by atoms with Gasteiger partial charge in [0.2, 0.25) is 5.91 Å². The second-order valence-electron chi connectivity index (χ2n) is 21.5. The topological polar surface area (TPSA) is 150 Å². The summed E-state index contributed by atoms with van der Waals surface area (Å²) in [7, 11) is -1.27. The minimum Gasteiger partial charge on any atom is -0.454 e. The second-order valence-corrected chi connectivity index (χ2v) is 27.1. The molecule has 1 saturated heterocycles. The Morgan fingerprint density at radius 3 is 1.53 bits per heavy atom. The standard InChI is InChI=1S/C56H109NO10Si/c1-7-10-13-16-19-22-24-25-27-29-32-35-38-41-53(60)66-50(40-37-34-31-21-18-15-12-9-3)56(62)67-55-49(46-64-51(45-58)54(55)61)57-52(59)44-48(65-47-63-42-43-68(4,5)6)39-36-33-30-28-26-23-20-17-14-11-8-2/h48-51,54-55,58,61H,7-47H2,1-6H3,(H,57,59)/t48?,49-,50?,51+,54+,55+/m0/s1. The molecule has 0 saturated carbocycles. The second kappa shape index (κ2) is 44.2. The van der Waals surface area contributed by atoms with Crippen LogP contribution in [0.2, 0.25) is 25.7 Å². The molecule has 1 amide bonds. The summed E-state index contributed by atoms with van der Waals surface area (Å²) in [6, 6.07) is 0.141. The van der Waals surface area contributed by atoms with Gasteiger partial charge in [-0.3, -0.25) is 9.59 Å². The lowest BCUT2D eigenvalue weighted by Gasteiger charge is -2.39. The van der Waals surface area contributed by atoms with Gasteiger partial charge in [0.15, 0.2) is 12.2 Å². The van der Waals surface area contributed by atoms with Gasteiger partial charge in [-0.1, -0.05) is 233 Å². The molecule has 1 aliphatic rings. The van der Waals surface area contributed by atoms with Gasteiger partial charge in [-0.25, -0.2) is 4.79 Å². The summed E-state index contributed by atoms with van der Waals surface area (Å²) in [6.07, 6.45) is 34.1. The number of ether oxygens (including phenoxy) is 5. The average Bonchev–Trinajstić information content (AvgIpc) is 3.30. The quantitative estimate of drug-likeness (QED) is 0.0233. The van der Waals surface area contributed by atoms with Crippen LogP contribution in [0.3, 0.4) is 0 Å². The van der Waals surface area contributed by atoms with Crippen LogP contribution < -0.4 is 5.32 Å². The minimum absolute atomic E-state index is 0.0720. The zero-order chi connectivity index (χ0) is 49.9. The summed E-state index contributed by atoms with van der Waals surface area (Å²) in [6.45, 7) is 13.8. The third-order valence-electron chi connectivity index (χ3n) is 13.6. The summed E-state index contributed by atoms with van der Waals surface area (Å²) >= 11 is 0. The van der Waals surface area contributed by atoms with Crippen LogP contribution in [0.5, 0.6) is 0 Å². The number of esters is 2. The molecule has 0 spiro atoms. The lowest BCUT2D eigenvalue weighted by atomic mass is 9.97. The van der Waals surface area contributed by atoms with Gasteiger partial charge in [0.25, 0.3) is 0 Å². The largest absolute Gasteiger partial charge is 0.454 e. The molecule has 12 heteroatoms. The lowest BCUT2D eigenvalue weighted by Crippen LogP contribution is -2.62. The number of aliphatic hydroxyl groups is 2. The molecule has 0 aromatic carbocycles. The molecule has 2 unspecified atom stereocenters. The molecule has 3 N–H and O–H groups in total. The Kier molecular flexibility index (Phi) is 41.8. The van der Waals surface area contributed by atoms with Crippen LogP contribution in [0, 0.1) is 0 Å². The maximum atomic E-state index is 14.0. The van der Waals surface area contributed by atoms with Crippen molar-refractivity contribution in [2.45, 2.75) is 314 Å². The number of carbonyl (C=O) groups excluding carboxylic acids is 3. The van der Waals surface area contributed by atoms with E-state index in [9.17, 15) is 24.6 Å². The van der Waals surface area contributed by atoms with Crippen molar-refractivity contribution in [3.05, 3.63) is 0 Å². The fourth-order valence-electron chi connectivity index (χ4n) is 9.04. The molecule has 1 heterocycles. The lowest BCUT2D eigenvalue weighted by molar-refractivity contribution is -0.200. The number of rotatable bonds is 48. The van der Waals surface area contributed by atoms with E-state index in [1.165, 1.54) is 141 Å². The van der Waals surface area contributed by atoms with E-state index < -0.39 is 57.1 Å². The van der Waals surface area contributed by atoms with Crippen molar-refractivity contribution < 1.29 is 48.3 Å². The van der Waals surface area contributed by atoms with E-state index in [1.54, 1.807) is 0 Å². The van der Waals surface area contributed by atoms with Crippen molar-refractivity contribution in [1.29, 1.82) is 0 Å². The maximum absolute atomic E-state index is 14.0. The van der Waals surface area contributed by atoms with Crippen molar-refractivity contribution in [2.75, 3.05) is 26.6 Å². The first-order valence-corrected chi connectivity index (χ1v) is 32.5. The highest BCUT2D eigenvalue weighted by Crippen LogP contribution is 2.23. The highest BCUT2D eigenvalue weighted by Gasteiger charge is 2.44. The minimum atomic E-state index is -1.41. The zero-order valence-electron chi connectivity index (χ0n) is 45.1. The molecule has 402 valence electrons. The summed E-state index contributed by atoms with van der Waals surface area (Å²) in [4.78, 5) is 40.9. The first-order chi connectivity index (χ1) is 32.9. The van der Waals surface area contributed by atoms with Crippen LogP contribution in [0.15, 0.2) is 0 Å². The van der Waals surface area contributed by atoms with Crippen molar-refractivity contribution in [3.63, 3.8) is 0 Å². The molecule has 68 heavy (non-hydrogen) atoms. The van der Waals surface area contributed by atoms with E-state index in [-0.39, 0.29) is 38.3 Å². The molecule has 1 fully saturated rings. The van der Waals surface area contributed by atoms with Gasteiger partial charge >= 0.3 is 11.9 Å². The monoisotopic (exact) mass is 984 g/mol. The highest BCUT2D eigenvalue weighted by molar-refractivity contribution is 6.76. The van der Waals surface area contributed by atoms with E-state index in [2.05, 4.69) is 45.7 Å². The predicted molar refractivity (Wildman–Crippen MR) is 282 cm³/mol. The Hall–Kier alpha value is -1.57. The van der Waals surface area contributed by atoms with E-state index in [1.807, 2.05) is 0 Å². The Bertz CT molecular complexity index is 1190. The number of hydrogen-bond acceptors (Lipinski definition) is 10. The SMILES string of the molecule is CCCCCCCCCCCCCCCC(=O)OC(CCCCCCCCCC)C(=O)O[C@H]1[C@H](O)[C@@H](CO)OC[C@@H]1NC(=O)CC(CCCCCCCCCCCCC)OCOCC[Si](C)(C)C. The number of aliphatic hydroxyl groups excluding tert-OH is 2. The predicted octanol–water partition coefficient (Wildman–Crippen LogP) is 13.8. The Balaban J connectivity index is 2.87. The van der Waals surface area contributed by atoms with Crippen LogP contribution >= 0.6 is 0 Å². The summed E-state index contributed by atoms with van der Waals surface area (Å²) in [5.41, 5.74) is 0. The molecule has 1 rings (SSSR count). The number of amides is 1. The molecule has 11 nitrogen and oxygen atoms in total. The van der Waals surface area contributed by atoms with E-state index >= 15 is 0 Å². The van der Waals surface area contributed by atoms with Crippen molar-refractivity contribution in [2.24, 2.45) is 0 Å². The third-order valence-corrected chi connectivity index (χ3v) is 15.4. The first-order valence-electron chi connectivity index (χ1n) is 28.7. The number of unbranched alkanes of at least 4 members (excludes halogenated alkanes) is 29. The number of carbonyl (C=O) groups is 3. The Morgan fingerprint density at radius 2 is 1.07 bits per heavy atom. The average molecular weight is 985 g/mol. The fraction of sp³-hybridized carbons (Fsp3) is 0.946. The van der Waals surface area contributed by atoms with E-state index in [0.717, 1.165) is 57.4 Å². The first kappa shape index (κ1) is 64.4. The van der Waals surface area contributed by atoms with Crippen LogP contribution in [0.1, 0.15) is 252 Å². The molecule has 6 atom stereocenters. The zero-order valence-corrected chi connectivity index (χ0v) is 46.1. The van der Waals surface area contributed by atoms with Crippen LogP contribution in [-0.4, -0.2) is 99.3 Å². The fourth-order valence-corrected chi connectivity index (χ4v) is 9.80. The van der Waals surface area contributed by atoms with Crippen molar-refractivity contribution >= 4 is 25.9 Å². The van der Waals surface area contributed by atoms with Gasteiger partial charge in [0.1, 0.15) is 19.0 Å². The summed E-state index contributed by atoms with van der Waals surface area (Å²) in [5, 5.41) is 24.4. The highest BCUT2D eigenvalue weighted by atomic mass is 28.3. The van der Waals surface area contributed by atoms with Crippen LogP contribution in [0.25, 0.3) is 0 Å². The van der Waals surface area contributed by atoms with Gasteiger partial charge < -0.3 is 39.2 Å². The smallest absolute Gasteiger partial charge is 0.347 e. The van der Waals surface area contributed by atoms with Crippen molar-refractivity contribution in [3.8, 4) is 0 Å². The summed E-state index contributed by atoms with van der Waals surface area (Å²) in [5.74, 6) is -1.49. The molecular weight excluding hydrogens is 875 g/mol. The summed E-state index contributed by atoms with van der Waals surface area (Å²) < 4.78 is 29.6. The third kappa shape index (κ3) is 36.4. The molecule has 1 aliphatic heterocycles. The number of nitrogens with one attached hydrogen (secondary N) is 1. The molecular formula is C56H109NO10Si. The molecule has 0 aromatic rings. The molecule has 0 aliphatic carbocycles. The van der Waals surface area contributed by atoms with E-state index in [0.29, 0.717) is 32.3 Å². The van der Waals surface area contributed by atoms with Gasteiger partial charge in [-0.2, -0.15) is 0 Å². The van der Waals surface area contributed by atoms with E-state index in [4.69, 9.17) is 23.7 Å². The van der Waals surface area contributed by atoms with Gasteiger partial charge in [-0.15, -0.1) is 0 Å². The Labute approximate surface area is 418 Å². The van der Waals surface area contributed by atoms with Crippen molar-refractivity contribution in [1.82, 2.24) is 5.32 Å². The molecule has 0 bridgehead atoms. The van der Waals surface area contributed by atoms with Crippen LogP contribution in [0.4, 0.5) is 0 Å². The number of hydrogen-bond donors (Lipinski definition) is 3. The normalized spacial score (nSPS) is 18.4. The van der Waals surface area contributed by atoms with Gasteiger partial charge in [0.05, 0.1) is 31.8 Å². The maximum Gasteiger partial charge on any atom is 0.347 e. The molecule has 0 radical (unpaired) electrons. The van der Waals surface area contributed by atoms with Gasteiger partial charge in [0, 0.05) is 21.1 Å². The Morgan fingerprint density at radius 1 is 0.632 bits per heavy atom.